The fourth-order valence-electron chi connectivity index (χ4n) is 1.53. The van der Waals surface area contributed by atoms with E-state index < -0.39 is 11.0 Å². The molecule has 2 rings (SSSR count). The molecule has 5 heteroatoms. The van der Waals surface area contributed by atoms with Gasteiger partial charge in [0.25, 0.3) is 0 Å². The van der Waals surface area contributed by atoms with Gasteiger partial charge in [-0.05, 0) is 36.4 Å². The molecule has 0 radical (unpaired) electrons. The van der Waals surface area contributed by atoms with Gasteiger partial charge in [-0.25, -0.2) is 4.79 Å². The normalized spacial score (nSPS) is 12.1. The summed E-state index contributed by atoms with van der Waals surface area (Å²) < 4.78 is 0. The number of pyridine rings is 1. The molecule has 1 aromatic heterocycles. The van der Waals surface area contributed by atoms with E-state index in [1.165, 1.54) is 0 Å². The van der Waals surface area contributed by atoms with Crippen LogP contribution in [0.5, 0.6) is 0 Å². The second-order valence-electron chi connectivity index (χ2n) is 3.79. The van der Waals surface area contributed by atoms with Crippen molar-refractivity contribution in [1.29, 1.82) is 0 Å². The predicted octanol–water partition coefficient (Wildman–Crippen LogP) is 1.46. The number of benzene rings is 1. The third-order valence-corrected chi connectivity index (χ3v) is 2.73. The second-order valence-corrected chi connectivity index (χ2v) is 4.23. The molecule has 1 N–H and O–H groups in total. The summed E-state index contributed by atoms with van der Waals surface area (Å²) >= 11 is 5.72. The summed E-state index contributed by atoms with van der Waals surface area (Å²) in [6.45, 7) is 0.0873. The lowest BCUT2D eigenvalue weighted by Gasteiger charge is -2.19. The number of hydroxylamine groups is 2. The molecule has 1 atom stereocenters. The minimum absolute atomic E-state index is 0.0873. The van der Waals surface area contributed by atoms with E-state index in [-0.39, 0.29) is 6.54 Å². The molecule has 0 aliphatic heterocycles. The molecule has 1 aromatic carbocycles. The lowest BCUT2D eigenvalue weighted by molar-refractivity contribution is -0.773. The smallest absolute Gasteiger partial charge is 0.344 e. The number of carbonyl (C=O) groups excluding carboxylic acids is 1. The number of nitrogens with zero attached hydrogens (tertiary/aromatic N) is 1. The van der Waals surface area contributed by atoms with E-state index in [4.69, 9.17) is 11.6 Å². The Morgan fingerprint density at radius 3 is 2.39 bits per heavy atom. The Kier molecular flexibility index (Phi) is 4.04. The number of aromatic nitrogens is 1. The van der Waals surface area contributed by atoms with Crippen molar-refractivity contribution in [2.75, 3.05) is 0 Å². The molecule has 0 saturated carbocycles. The van der Waals surface area contributed by atoms with E-state index in [0.29, 0.717) is 10.6 Å². The average Bonchev–Trinajstić information content (AvgIpc) is 2.40. The summed E-state index contributed by atoms with van der Waals surface area (Å²) in [4.78, 5) is 15.7. The van der Waals surface area contributed by atoms with Crippen molar-refractivity contribution in [1.82, 2.24) is 4.98 Å². The largest absolute Gasteiger partial charge is 0.626 e. The van der Waals surface area contributed by atoms with E-state index in [9.17, 15) is 10.0 Å². The number of hydrogen-bond donors (Lipinski definition) is 1. The number of carbonyl (C=O) groups is 1. The van der Waals surface area contributed by atoms with Crippen LogP contribution in [0.4, 0.5) is 0 Å². The highest BCUT2D eigenvalue weighted by Gasteiger charge is 2.14. The van der Waals surface area contributed by atoms with Gasteiger partial charge >= 0.3 is 5.91 Å². The Morgan fingerprint density at radius 1 is 1.17 bits per heavy atom. The Bertz CT molecular complexity index is 528. The van der Waals surface area contributed by atoms with Crippen LogP contribution >= 0.6 is 11.6 Å². The zero-order valence-corrected chi connectivity index (χ0v) is 10.2. The molecule has 18 heavy (non-hydrogen) atoms. The zero-order valence-electron chi connectivity index (χ0n) is 9.47. The SMILES string of the molecule is O=C(c1ccc(Cl)cc1)[NH+]([O-])Cc1ccncc1. The maximum atomic E-state index is 11.9. The molecule has 0 saturated heterocycles. The number of nitrogens with one attached hydrogen (secondary N) is 1. The monoisotopic (exact) mass is 262 g/mol. The van der Waals surface area contributed by atoms with Crippen molar-refractivity contribution in [2.24, 2.45) is 0 Å². The van der Waals surface area contributed by atoms with Crippen LogP contribution in [0.1, 0.15) is 15.9 Å². The van der Waals surface area contributed by atoms with Crippen LogP contribution in [-0.4, -0.2) is 10.9 Å². The van der Waals surface area contributed by atoms with E-state index in [0.717, 1.165) is 5.56 Å². The molecule has 0 fully saturated rings. The van der Waals surface area contributed by atoms with E-state index in [1.807, 2.05) is 0 Å². The van der Waals surface area contributed by atoms with Crippen molar-refractivity contribution < 1.29 is 9.86 Å². The van der Waals surface area contributed by atoms with Gasteiger partial charge in [-0.3, -0.25) is 4.98 Å². The zero-order chi connectivity index (χ0) is 13.0. The van der Waals surface area contributed by atoms with Crippen LogP contribution in [-0.2, 0) is 6.54 Å². The molecule has 0 aliphatic carbocycles. The van der Waals surface area contributed by atoms with Crippen LogP contribution in [0, 0.1) is 5.21 Å². The first kappa shape index (κ1) is 12.7. The van der Waals surface area contributed by atoms with Gasteiger partial charge in [0.1, 0.15) is 6.54 Å². The maximum absolute atomic E-state index is 11.9. The number of quaternary nitrogens is 1. The van der Waals surface area contributed by atoms with Crippen molar-refractivity contribution in [3.63, 3.8) is 0 Å². The third kappa shape index (κ3) is 3.13. The minimum Gasteiger partial charge on any atom is -0.626 e. The lowest BCUT2D eigenvalue weighted by Crippen LogP contribution is -3.08. The first-order chi connectivity index (χ1) is 8.66. The summed E-state index contributed by atoms with van der Waals surface area (Å²) in [5.74, 6) is -0.497. The van der Waals surface area contributed by atoms with E-state index >= 15 is 0 Å². The highest BCUT2D eigenvalue weighted by Crippen LogP contribution is 2.08. The minimum atomic E-state index is -0.497. The van der Waals surface area contributed by atoms with Crippen LogP contribution in [0.2, 0.25) is 5.02 Å². The predicted molar refractivity (Wildman–Crippen MR) is 68.1 cm³/mol. The molecule has 0 bridgehead atoms. The molecule has 0 spiro atoms. The number of rotatable bonds is 3. The first-order valence-electron chi connectivity index (χ1n) is 5.39. The summed E-state index contributed by atoms with van der Waals surface area (Å²) in [6, 6.07) is 9.72. The van der Waals surface area contributed by atoms with Crippen molar-refractivity contribution in [3.8, 4) is 0 Å². The Morgan fingerprint density at radius 2 is 1.78 bits per heavy atom. The van der Waals surface area contributed by atoms with Crippen molar-refractivity contribution in [2.45, 2.75) is 6.54 Å². The highest BCUT2D eigenvalue weighted by molar-refractivity contribution is 6.30. The molecule has 0 aliphatic rings. The van der Waals surface area contributed by atoms with Crippen molar-refractivity contribution >= 4 is 17.5 Å². The average molecular weight is 263 g/mol. The number of hydrogen-bond acceptors (Lipinski definition) is 3. The van der Waals surface area contributed by atoms with Crippen LogP contribution in [0.3, 0.4) is 0 Å². The molecule has 92 valence electrons. The standard InChI is InChI=1S/C13H11ClN2O2/c14-12-3-1-11(2-4-12)13(17)16(18)9-10-5-7-15-8-6-10/h1-8,16H,9H2. The quantitative estimate of drug-likeness (QED) is 0.852. The van der Waals surface area contributed by atoms with Gasteiger partial charge in [-0.1, -0.05) is 11.6 Å². The third-order valence-electron chi connectivity index (χ3n) is 2.47. The van der Waals surface area contributed by atoms with E-state index in [1.54, 1.807) is 48.8 Å². The van der Waals surface area contributed by atoms with Crippen molar-refractivity contribution in [3.05, 3.63) is 70.1 Å². The Balaban J connectivity index is 2.07. The van der Waals surface area contributed by atoms with Gasteiger partial charge in [0.2, 0.25) is 0 Å². The second kappa shape index (κ2) is 5.73. The Labute approximate surface area is 109 Å². The van der Waals surface area contributed by atoms with Gasteiger partial charge in [-0.15, -0.1) is 0 Å². The molecule has 2 aromatic rings. The molecular weight excluding hydrogens is 252 g/mol. The molecule has 1 unspecified atom stereocenters. The van der Waals surface area contributed by atoms with Crippen LogP contribution in [0.25, 0.3) is 0 Å². The molecule has 4 nitrogen and oxygen atoms in total. The molecular formula is C13H11ClN2O2. The summed E-state index contributed by atoms with van der Waals surface area (Å²) in [6.07, 6.45) is 3.19. The van der Waals surface area contributed by atoms with Gasteiger partial charge in [-0.2, -0.15) is 0 Å². The molecule has 1 heterocycles. The van der Waals surface area contributed by atoms with Gasteiger partial charge in [0.15, 0.2) is 0 Å². The highest BCUT2D eigenvalue weighted by atomic mass is 35.5. The summed E-state index contributed by atoms with van der Waals surface area (Å²) in [7, 11) is 0. The first-order valence-corrected chi connectivity index (χ1v) is 5.76. The summed E-state index contributed by atoms with van der Waals surface area (Å²) in [5, 5.41) is 11.9. The number of amides is 1. The fourth-order valence-corrected chi connectivity index (χ4v) is 1.65. The Hall–Kier alpha value is -1.75. The van der Waals surface area contributed by atoms with Crippen LogP contribution in [0.15, 0.2) is 48.8 Å². The topological polar surface area (TPSA) is 57.5 Å². The fraction of sp³-hybridized carbons (Fsp3) is 0.0769. The maximum Gasteiger partial charge on any atom is 0.344 e. The van der Waals surface area contributed by atoms with Gasteiger partial charge in [0.05, 0.1) is 5.56 Å². The summed E-state index contributed by atoms with van der Waals surface area (Å²) in [5.41, 5.74) is 1.13. The lowest BCUT2D eigenvalue weighted by atomic mass is 10.2. The molecule has 1 amide bonds. The van der Waals surface area contributed by atoms with Gasteiger partial charge < -0.3 is 10.3 Å². The van der Waals surface area contributed by atoms with E-state index in [2.05, 4.69) is 4.98 Å². The van der Waals surface area contributed by atoms with Crippen LogP contribution < -0.4 is 5.06 Å². The van der Waals surface area contributed by atoms with Gasteiger partial charge in [0, 0.05) is 23.0 Å². The number of halogens is 1.